The molecule has 0 radical (unpaired) electrons. The number of ether oxygens (including phenoxy) is 1. The van der Waals surface area contributed by atoms with Crippen molar-refractivity contribution in [3.63, 3.8) is 0 Å². The first kappa shape index (κ1) is 23.5. The molecule has 1 amide bonds. The maximum atomic E-state index is 13.4. The number of anilines is 1. The van der Waals surface area contributed by atoms with E-state index in [-0.39, 0.29) is 21.4 Å². The molecule has 0 aliphatic heterocycles. The number of carbonyl (C=O) groups is 1. The minimum atomic E-state index is -4.85. The van der Waals surface area contributed by atoms with Crippen LogP contribution in [-0.2, 0) is 15.9 Å². The van der Waals surface area contributed by atoms with Gasteiger partial charge in [0.2, 0.25) is 0 Å². The van der Waals surface area contributed by atoms with Crippen LogP contribution in [0.4, 0.5) is 18.9 Å². The summed E-state index contributed by atoms with van der Waals surface area (Å²) in [7, 11) is -3.08. The molecule has 0 saturated carbocycles. The van der Waals surface area contributed by atoms with E-state index in [1.54, 1.807) is 12.1 Å². The van der Waals surface area contributed by atoms with E-state index in [2.05, 4.69) is 15.5 Å². The van der Waals surface area contributed by atoms with Gasteiger partial charge in [0.25, 0.3) is 11.8 Å². The lowest BCUT2D eigenvalue weighted by atomic mass is 10.1. The zero-order chi connectivity index (χ0) is 23.7. The number of amides is 1. The van der Waals surface area contributed by atoms with Crippen LogP contribution < -0.4 is 10.1 Å². The van der Waals surface area contributed by atoms with Crippen molar-refractivity contribution in [2.45, 2.75) is 18.0 Å². The highest BCUT2D eigenvalue weighted by molar-refractivity contribution is 7.91. The van der Waals surface area contributed by atoms with E-state index in [0.717, 1.165) is 6.92 Å². The number of hydrogen-bond acceptors (Lipinski definition) is 6. The number of nitrogens with zero attached hydrogens (tertiary/aromatic N) is 2. The monoisotopic (exact) mass is 484 g/mol. The Kier molecular flexibility index (Phi) is 6.42. The first-order chi connectivity index (χ1) is 14.9. The van der Waals surface area contributed by atoms with E-state index in [1.807, 2.05) is 0 Å². The predicted molar refractivity (Wildman–Crippen MR) is 113 cm³/mol. The molecule has 168 valence electrons. The Morgan fingerprint density at radius 2 is 1.84 bits per heavy atom. The largest absolute Gasteiger partial charge is 0.435 e. The molecule has 2 aromatic carbocycles. The van der Waals surface area contributed by atoms with Gasteiger partial charge in [-0.05, 0) is 42.8 Å². The van der Waals surface area contributed by atoms with Gasteiger partial charge in [-0.15, -0.1) is 10.2 Å². The van der Waals surface area contributed by atoms with Crippen LogP contribution in [0.2, 0.25) is 5.02 Å². The van der Waals surface area contributed by atoms with Gasteiger partial charge in [-0.3, -0.25) is 4.79 Å². The highest BCUT2D eigenvalue weighted by atomic mass is 35.5. The summed E-state index contributed by atoms with van der Waals surface area (Å²) in [6, 6.07) is 11.8. The van der Waals surface area contributed by atoms with Crippen LogP contribution in [0, 0.1) is 11.7 Å². The molecule has 7 nitrogen and oxygen atoms in total. The summed E-state index contributed by atoms with van der Waals surface area (Å²) in [5, 5.41) is 9.25. The summed E-state index contributed by atoms with van der Waals surface area (Å²) in [5.41, 5.74) is -2.21. The quantitative estimate of drug-likeness (QED) is 0.495. The van der Waals surface area contributed by atoms with Crippen LogP contribution in [0.1, 0.15) is 21.6 Å². The molecule has 0 aliphatic rings. The first-order valence-corrected chi connectivity index (χ1v) is 11.2. The number of carbonyl (C=O) groups excluding carboxylic acids is 1. The van der Waals surface area contributed by atoms with Gasteiger partial charge in [0.1, 0.15) is 11.3 Å². The number of nitrogens with one attached hydrogen (secondary N) is 2. The molecule has 1 aromatic heterocycles. The molecule has 1 unspecified atom stereocenters. The van der Waals surface area contributed by atoms with Gasteiger partial charge in [0.05, 0.1) is 14.8 Å². The molecule has 1 atom stereocenters. The van der Waals surface area contributed by atoms with Crippen LogP contribution in [-0.4, -0.2) is 26.6 Å². The maximum absolute atomic E-state index is 13.4. The predicted octanol–water partition coefficient (Wildman–Crippen LogP) is 5.54. The topological polar surface area (TPSA) is 105 Å². The third kappa shape index (κ3) is 5.17. The Hall–Kier alpha value is -3.18. The first-order valence-electron chi connectivity index (χ1n) is 8.90. The number of rotatable bonds is 5. The summed E-state index contributed by atoms with van der Waals surface area (Å²) in [4.78, 5) is 13.1. The van der Waals surface area contributed by atoms with E-state index in [9.17, 15) is 22.2 Å². The standard InChI is InChI=1S/C20H16ClF3N4O3S/c1-11-16(18(29)26-12-6-5-7-13(10-12)32(2,25)30)19(28-27-17(11)20(22,23)24)31-15-9-4-3-8-14(15)21/h3-10,25H,1-2H3,(H,26,29). The second-order valence-electron chi connectivity index (χ2n) is 6.71. The lowest BCUT2D eigenvalue weighted by molar-refractivity contribution is -0.142. The molecule has 2 N–H and O–H groups in total. The van der Waals surface area contributed by atoms with E-state index in [4.69, 9.17) is 21.1 Å². The Morgan fingerprint density at radius 1 is 1.16 bits per heavy atom. The van der Waals surface area contributed by atoms with Crippen molar-refractivity contribution >= 4 is 32.9 Å². The van der Waals surface area contributed by atoms with Crippen molar-refractivity contribution < 1.29 is 26.9 Å². The molecule has 0 fully saturated rings. The number of para-hydroxylation sites is 1. The molecule has 12 heteroatoms. The van der Waals surface area contributed by atoms with E-state index in [0.29, 0.717) is 0 Å². The fourth-order valence-electron chi connectivity index (χ4n) is 2.75. The molecule has 1 heterocycles. The van der Waals surface area contributed by atoms with E-state index < -0.39 is 44.5 Å². The summed E-state index contributed by atoms with van der Waals surface area (Å²) < 4.78 is 65.3. The fourth-order valence-corrected chi connectivity index (χ4v) is 3.61. The molecule has 0 spiro atoms. The van der Waals surface area contributed by atoms with Crippen molar-refractivity contribution in [2.75, 3.05) is 11.6 Å². The molecular weight excluding hydrogens is 469 g/mol. The van der Waals surface area contributed by atoms with E-state index >= 15 is 0 Å². The lowest BCUT2D eigenvalue weighted by Gasteiger charge is -2.16. The fraction of sp³-hybridized carbons (Fsp3) is 0.150. The number of alkyl halides is 3. The average Bonchev–Trinajstić information content (AvgIpc) is 2.68. The van der Waals surface area contributed by atoms with Crippen molar-refractivity contribution in [1.82, 2.24) is 10.2 Å². The molecule has 3 rings (SSSR count). The SMILES string of the molecule is Cc1c(C(F)(F)F)nnc(Oc2ccccc2Cl)c1C(=O)Nc1cccc(S(C)(=N)=O)c1. The second kappa shape index (κ2) is 8.75. The van der Waals surface area contributed by atoms with Gasteiger partial charge < -0.3 is 10.1 Å². The number of halogens is 4. The number of aromatic nitrogens is 2. The Bertz CT molecular complexity index is 1300. The molecule has 0 aliphatic carbocycles. The minimum Gasteiger partial charge on any atom is -0.435 e. The van der Waals surface area contributed by atoms with Gasteiger partial charge in [-0.25, -0.2) is 8.99 Å². The Morgan fingerprint density at radius 3 is 2.47 bits per heavy atom. The minimum absolute atomic E-state index is 0.0681. The summed E-state index contributed by atoms with van der Waals surface area (Å²) in [6.45, 7) is 1.07. The zero-order valence-corrected chi connectivity index (χ0v) is 18.2. The van der Waals surface area contributed by atoms with Gasteiger partial charge >= 0.3 is 6.18 Å². The Labute approximate surface area is 186 Å². The van der Waals surface area contributed by atoms with Crippen molar-refractivity contribution in [3.8, 4) is 11.6 Å². The third-order valence-corrected chi connectivity index (χ3v) is 5.73. The van der Waals surface area contributed by atoms with Crippen LogP contribution in [0.15, 0.2) is 53.4 Å². The van der Waals surface area contributed by atoms with Crippen molar-refractivity contribution in [2.24, 2.45) is 0 Å². The number of hydrogen-bond donors (Lipinski definition) is 2. The number of benzene rings is 2. The van der Waals surface area contributed by atoms with Crippen LogP contribution in [0.25, 0.3) is 0 Å². The Balaban J connectivity index is 2.08. The highest BCUT2D eigenvalue weighted by Gasteiger charge is 2.38. The van der Waals surface area contributed by atoms with Crippen LogP contribution >= 0.6 is 11.6 Å². The van der Waals surface area contributed by atoms with Crippen molar-refractivity contribution in [1.29, 1.82) is 4.78 Å². The van der Waals surface area contributed by atoms with Crippen LogP contribution in [0.5, 0.6) is 11.6 Å². The smallest absolute Gasteiger partial charge is 0.435 e. The summed E-state index contributed by atoms with van der Waals surface area (Å²) >= 11 is 6.04. The second-order valence-corrected chi connectivity index (χ2v) is 9.28. The normalized spacial score (nSPS) is 13.3. The zero-order valence-electron chi connectivity index (χ0n) is 16.7. The van der Waals surface area contributed by atoms with Gasteiger partial charge in [-0.1, -0.05) is 29.8 Å². The average molecular weight is 485 g/mol. The summed E-state index contributed by atoms with van der Waals surface area (Å²) in [6.07, 6.45) is -3.65. The van der Waals surface area contributed by atoms with Gasteiger partial charge in [0, 0.05) is 16.8 Å². The van der Waals surface area contributed by atoms with Crippen LogP contribution in [0.3, 0.4) is 0 Å². The molecule has 0 bridgehead atoms. The maximum Gasteiger partial charge on any atom is 0.435 e. The molecular formula is C20H16ClF3N4O3S. The van der Waals surface area contributed by atoms with Gasteiger partial charge in [-0.2, -0.15) is 13.2 Å². The van der Waals surface area contributed by atoms with Crippen molar-refractivity contribution in [3.05, 3.63) is 70.4 Å². The summed E-state index contributed by atoms with van der Waals surface area (Å²) in [5.74, 6) is -1.37. The van der Waals surface area contributed by atoms with E-state index in [1.165, 1.54) is 42.7 Å². The third-order valence-electron chi connectivity index (χ3n) is 4.27. The lowest BCUT2D eigenvalue weighted by Crippen LogP contribution is -2.21. The van der Waals surface area contributed by atoms with Gasteiger partial charge in [0.15, 0.2) is 5.69 Å². The molecule has 32 heavy (non-hydrogen) atoms. The molecule has 0 saturated heterocycles. The molecule has 3 aromatic rings. The highest BCUT2D eigenvalue weighted by Crippen LogP contribution is 2.36.